The summed E-state index contributed by atoms with van der Waals surface area (Å²) in [5.41, 5.74) is 7.56. The number of nitrogens with one attached hydrogen (secondary N) is 1. The van der Waals surface area contributed by atoms with Crippen molar-refractivity contribution in [1.29, 1.82) is 0 Å². The Balaban J connectivity index is 2.12. The van der Waals surface area contributed by atoms with Crippen LogP contribution in [0.25, 0.3) is 11.0 Å². The van der Waals surface area contributed by atoms with Crippen LogP contribution in [0.15, 0.2) is 12.1 Å². The summed E-state index contributed by atoms with van der Waals surface area (Å²) in [6, 6.07) is 3.89. The van der Waals surface area contributed by atoms with Gasteiger partial charge in [-0.15, -0.1) is 0 Å². The smallest absolute Gasteiger partial charge is 0.110 e. The molecule has 2 aromatic rings. The number of halogens is 2. The number of benzene rings is 1. The maximum Gasteiger partial charge on any atom is 0.110 e. The number of aromatic amines is 1. The van der Waals surface area contributed by atoms with Gasteiger partial charge in [0.15, 0.2) is 0 Å². The highest BCUT2D eigenvalue weighted by Gasteiger charge is 2.12. The van der Waals surface area contributed by atoms with E-state index in [1.54, 1.807) is 6.07 Å². The van der Waals surface area contributed by atoms with Crippen molar-refractivity contribution in [2.75, 3.05) is 0 Å². The summed E-state index contributed by atoms with van der Waals surface area (Å²) in [4.78, 5) is 7.90. The van der Waals surface area contributed by atoms with Crippen molar-refractivity contribution in [1.82, 2.24) is 9.97 Å². The second-order valence-corrected chi connectivity index (χ2v) is 6.03. The van der Waals surface area contributed by atoms with Crippen molar-refractivity contribution < 1.29 is 0 Å². The third-order valence-electron chi connectivity index (χ3n) is 3.31. The zero-order valence-corrected chi connectivity index (χ0v) is 12.7. The molecule has 0 amide bonds. The number of nitrogens with zero attached hydrogens (tertiary/aromatic N) is 1. The van der Waals surface area contributed by atoms with Crippen LogP contribution in [0, 0.1) is 0 Å². The van der Waals surface area contributed by atoms with Gasteiger partial charge >= 0.3 is 0 Å². The van der Waals surface area contributed by atoms with Crippen molar-refractivity contribution in [3.8, 4) is 0 Å². The summed E-state index contributed by atoms with van der Waals surface area (Å²) in [5.74, 6) is 1.36. The lowest BCUT2D eigenvalue weighted by molar-refractivity contribution is 0.546. The van der Waals surface area contributed by atoms with Gasteiger partial charge in [0.25, 0.3) is 0 Å². The monoisotopic (exact) mass is 299 g/mol. The van der Waals surface area contributed by atoms with Gasteiger partial charge in [-0.1, -0.05) is 36.5 Å². The van der Waals surface area contributed by atoms with Crippen LogP contribution in [0.1, 0.15) is 44.9 Å². The SMILES string of the molecule is CC(N)CCCC(C)c1nc2cc(Cl)c(Cl)cc2[nH]1. The minimum Gasteiger partial charge on any atom is -0.342 e. The first kappa shape index (κ1) is 14.6. The molecule has 3 N–H and O–H groups in total. The Hall–Kier alpha value is -0.770. The van der Waals surface area contributed by atoms with E-state index in [4.69, 9.17) is 28.9 Å². The summed E-state index contributed by atoms with van der Waals surface area (Å²) >= 11 is 12.0. The van der Waals surface area contributed by atoms with Gasteiger partial charge in [0.05, 0.1) is 21.1 Å². The average molecular weight is 300 g/mol. The lowest BCUT2D eigenvalue weighted by Crippen LogP contribution is -2.14. The Morgan fingerprint density at radius 2 is 1.89 bits per heavy atom. The molecule has 0 saturated heterocycles. The topological polar surface area (TPSA) is 54.7 Å². The molecule has 1 aromatic carbocycles. The molecule has 2 atom stereocenters. The van der Waals surface area contributed by atoms with Crippen LogP contribution in [0.5, 0.6) is 0 Å². The van der Waals surface area contributed by atoms with E-state index in [1.165, 1.54) is 0 Å². The fourth-order valence-corrected chi connectivity index (χ4v) is 2.46. The molecule has 5 heteroatoms. The molecule has 0 radical (unpaired) electrons. The number of aromatic nitrogens is 2. The molecule has 0 bridgehead atoms. The fourth-order valence-electron chi connectivity index (χ4n) is 2.14. The van der Waals surface area contributed by atoms with Crippen molar-refractivity contribution in [3.05, 3.63) is 28.0 Å². The Kier molecular flexibility index (Phi) is 4.71. The van der Waals surface area contributed by atoms with Crippen molar-refractivity contribution in [2.45, 2.75) is 45.1 Å². The van der Waals surface area contributed by atoms with E-state index in [1.807, 2.05) is 13.0 Å². The number of hydrogen-bond donors (Lipinski definition) is 2. The predicted octanol–water partition coefficient (Wildman–Crippen LogP) is 4.49. The first-order valence-electron chi connectivity index (χ1n) is 6.57. The molecular weight excluding hydrogens is 281 g/mol. The summed E-state index contributed by atoms with van der Waals surface area (Å²) in [6.45, 7) is 4.21. The van der Waals surface area contributed by atoms with Gasteiger partial charge < -0.3 is 10.7 Å². The van der Waals surface area contributed by atoms with Crippen LogP contribution in [-0.2, 0) is 0 Å². The summed E-state index contributed by atoms with van der Waals surface area (Å²) in [7, 11) is 0. The molecule has 1 heterocycles. The first-order chi connectivity index (χ1) is 8.97. The summed E-state index contributed by atoms with van der Waals surface area (Å²) in [6.07, 6.45) is 3.22. The molecule has 1 aromatic heterocycles. The molecule has 104 valence electrons. The van der Waals surface area contributed by atoms with Crippen molar-refractivity contribution in [2.24, 2.45) is 5.73 Å². The highest BCUT2D eigenvalue weighted by atomic mass is 35.5. The van der Waals surface area contributed by atoms with Crippen LogP contribution < -0.4 is 5.73 Å². The molecule has 0 aliphatic rings. The number of nitrogens with two attached hydrogens (primary N) is 1. The van der Waals surface area contributed by atoms with Crippen molar-refractivity contribution in [3.63, 3.8) is 0 Å². The van der Waals surface area contributed by atoms with E-state index >= 15 is 0 Å². The normalized spacial score (nSPS) is 14.8. The van der Waals surface area contributed by atoms with Crippen LogP contribution in [0.2, 0.25) is 10.0 Å². The van der Waals surface area contributed by atoms with Crippen LogP contribution in [-0.4, -0.2) is 16.0 Å². The summed E-state index contributed by atoms with van der Waals surface area (Å²) < 4.78 is 0. The maximum absolute atomic E-state index is 6.00. The zero-order valence-electron chi connectivity index (χ0n) is 11.2. The van der Waals surface area contributed by atoms with E-state index in [0.29, 0.717) is 16.0 Å². The first-order valence-corrected chi connectivity index (χ1v) is 7.33. The molecule has 3 nitrogen and oxygen atoms in total. The third kappa shape index (κ3) is 3.62. The second kappa shape index (κ2) is 6.12. The van der Waals surface area contributed by atoms with Gasteiger partial charge in [-0.25, -0.2) is 4.98 Å². The van der Waals surface area contributed by atoms with E-state index in [0.717, 1.165) is 36.1 Å². The van der Waals surface area contributed by atoms with Crippen LogP contribution in [0.4, 0.5) is 0 Å². The van der Waals surface area contributed by atoms with Gasteiger partial charge in [0.2, 0.25) is 0 Å². The fraction of sp³-hybridized carbons (Fsp3) is 0.500. The third-order valence-corrected chi connectivity index (χ3v) is 4.03. The van der Waals surface area contributed by atoms with Gasteiger partial charge in [0, 0.05) is 12.0 Å². The number of imidazole rings is 1. The van der Waals surface area contributed by atoms with Gasteiger partial charge in [0.1, 0.15) is 5.82 Å². The largest absolute Gasteiger partial charge is 0.342 e. The minimum atomic E-state index is 0.264. The number of H-pyrrole nitrogens is 1. The van der Waals surface area contributed by atoms with Gasteiger partial charge in [-0.2, -0.15) is 0 Å². The molecule has 0 fully saturated rings. The van der Waals surface area contributed by atoms with Gasteiger partial charge in [-0.3, -0.25) is 0 Å². The molecule has 0 saturated carbocycles. The molecule has 2 rings (SSSR count). The Morgan fingerprint density at radius 3 is 2.58 bits per heavy atom. The molecule has 0 aliphatic carbocycles. The van der Waals surface area contributed by atoms with Gasteiger partial charge in [-0.05, 0) is 31.9 Å². The minimum absolute atomic E-state index is 0.264. The van der Waals surface area contributed by atoms with Crippen molar-refractivity contribution >= 4 is 34.2 Å². The van der Waals surface area contributed by atoms with E-state index in [-0.39, 0.29) is 6.04 Å². The summed E-state index contributed by atoms with van der Waals surface area (Å²) in [5, 5.41) is 1.09. The number of fused-ring (bicyclic) bond motifs is 1. The maximum atomic E-state index is 6.00. The lowest BCUT2D eigenvalue weighted by Gasteiger charge is -2.09. The zero-order chi connectivity index (χ0) is 14.0. The standard InChI is InChI=1S/C14H19Cl2N3/c1-8(4-3-5-9(2)17)14-18-12-6-10(15)11(16)7-13(12)19-14/h6-9H,3-5,17H2,1-2H3,(H,18,19). The quantitative estimate of drug-likeness (QED) is 0.854. The van der Waals surface area contributed by atoms with Crippen LogP contribution >= 0.6 is 23.2 Å². The molecule has 0 aliphatic heterocycles. The number of rotatable bonds is 5. The van der Waals surface area contributed by atoms with E-state index in [2.05, 4.69) is 16.9 Å². The number of hydrogen-bond acceptors (Lipinski definition) is 2. The van der Waals surface area contributed by atoms with E-state index < -0.39 is 0 Å². The highest BCUT2D eigenvalue weighted by Crippen LogP contribution is 2.28. The van der Waals surface area contributed by atoms with E-state index in [9.17, 15) is 0 Å². The van der Waals surface area contributed by atoms with Crippen LogP contribution in [0.3, 0.4) is 0 Å². The molecular formula is C14H19Cl2N3. The molecule has 0 spiro atoms. The lowest BCUT2D eigenvalue weighted by atomic mass is 10.0. The Bertz CT molecular complexity index is 524. The predicted molar refractivity (Wildman–Crippen MR) is 82.0 cm³/mol. The second-order valence-electron chi connectivity index (χ2n) is 5.21. The Morgan fingerprint density at radius 1 is 1.21 bits per heavy atom. The molecule has 2 unspecified atom stereocenters. The highest BCUT2D eigenvalue weighted by molar-refractivity contribution is 6.42. The molecule has 19 heavy (non-hydrogen) atoms. The average Bonchev–Trinajstić information content (AvgIpc) is 2.72. The Labute approximate surface area is 123 Å².